The number of nitrogens with one attached hydrogen (secondary N) is 1. The van der Waals surface area contributed by atoms with Gasteiger partial charge in [-0.3, -0.25) is 4.79 Å². The fraction of sp³-hybridized carbons (Fsp3) is 0.316. The molecule has 27 heavy (non-hydrogen) atoms. The minimum Gasteiger partial charge on any atom is -0.460 e. The number of nitrogens with zero attached hydrogens (tertiary/aromatic N) is 1. The summed E-state index contributed by atoms with van der Waals surface area (Å²) in [6, 6.07) is 11.3. The normalized spacial score (nSPS) is 13.2. The van der Waals surface area contributed by atoms with Crippen molar-refractivity contribution in [2.45, 2.75) is 24.4 Å². The summed E-state index contributed by atoms with van der Waals surface area (Å²) in [5.74, 6) is 0.756. The van der Waals surface area contributed by atoms with Crippen molar-refractivity contribution in [3.05, 3.63) is 59.6 Å². The largest absolute Gasteiger partial charge is 0.460 e. The maximum absolute atomic E-state index is 12.1. The van der Waals surface area contributed by atoms with Gasteiger partial charge in [-0.1, -0.05) is 12.1 Å². The van der Waals surface area contributed by atoms with Crippen LogP contribution in [0.3, 0.4) is 0 Å². The molecule has 0 spiro atoms. The third-order valence-corrected chi connectivity index (χ3v) is 6.01. The minimum atomic E-state index is -3.27. The van der Waals surface area contributed by atoms with Gasteiger partial charge < -0.3 is 9.73 Å². The summed E-state index contributed by atoms with van der Waals surface area (Å²) in [4.78, 5) is 13.3. The van der Waals surface area contributed by atoms with Crippen molar-refractivity contribution in [3.63, 3.8) is 0 Å². The van der Waals surface area contributed by atoms with Crippen molar-refractivity contribution >= 4 is 33.8 Å². The van der Waals surface area contributed by atoms with Crippen molar-refractivity contribution in [2.24, 2.45) is 0 Å². The van der Waals surface area contributed by atoms with E-state index in [-0.39, 0.29) is 18.5 Å². The van der Waals surface area contributed by atoms with E-state index in [0.717, 1.165) is 11.8 Å². The Bertz CT molecular complexity index is 902. The van der Waals surface area contributed by atoms with E-state index in [1.54, 1.807) is 30.0 Å². The summed E-state index contributed by atoms with van der Waals surface area (Å²) in [5, 5.41) is 2.90. The molecule has 0 bridgehead atoms. The molecule has 0 fully saturated rings. The van der Waals surface area contributed by atoms with Crippen molar-refractivity contribution in [1.29, 1.82) is 0 Å². The van der Waals surface area contributed by atoms with E-state index in [2.05, 4.69) is 5.32 Å². The molecule has 1 aromatic heterocycles. The zero-order valence-corrected chi connectivity index (χ0v) is 17.4. The number of carbonyl (C=O) groups excluding carboxylic acids is 1. The summed E-state index contributed by atoms with van der Waals surface area (Å²) in [7, 11) is -1.79. The van der Waals surface area contributed by atoms with Crippen LogP contribution in [0.15, 0.2) is 51.8 Å². The van der Waals surface area contributed by atoms with Crippen molar-refractivity contribution in [3.8, 4) is 0 Å². The Balaban J connectivity index is 1.92. The lowest BCUT2D eigenvalue weighted by Gasteiger charge is -2.13. The zero-order chi connectivity index (χ0) is 20.0. The molecule has 0 saturated heterocycles. The molecule has 2 rings (SSSR count). The number of benzene rings is 1. The highest BCUT2D eigenvalue weighted by molar-refractivity contribution is 7.98. The summed E-state index contributed by atoms with van der Waals surface area (Å²) >= 11 is 1.67. The molecule has 0 aliphatic heterocycles. The summed E-state index contributed by atoms with van der Waals surface area (Å²) in [5.41, 5.74) is 1.03. The van der Waals surface area contributed by atoms with Crippen LogP contribution in [0.25, 0.3) is 6.08 Å². The number of rotatable bonds is 8. The number of hydrogen-bond acceptors (Lipinski definition) is 5. The second-order valence-corrected chi connectivity index (χ2v) is 9.13. The molecule has 1 atom stereocenters. The Kier molecular flexibility index (Phi) is 7.29. The molecule has 0 saturated carbocycles. The second kappa shape index (κ2) is 9.25. The van der Waals surface area contributed by atoms with Gasteiger partial charge in [-0.15, -0.1) is 11.8 Å². The molecular formula is C19H24N2O4S2. The van der Waals surface area contributed by atoms with Gasteiger partial charge in [0.2, 0.25) is 15.9 Å². The molecule has 0 unspecified atom stereocenters. The van der Waals surface area contributed by atoms with Crippen LogP contribution in [0.1, 0.15) is 30.0 Å². The van der Waals surface area contributed by atoms with Crippen LogP contribution < -0.4 is 5.32 Å². The van der Waals surface area contributed by atoms with Crippen LogP contribution in [0, 0.1) is 0 Å². The first kappa shape index (κ1) is 21.3. The number of carbonyl (C=O) groups is 1. The van der Waals surface area contributed by atoms with E-state index in [1.807, 2.05) is 37.4 Å². The zero-order valence-electron chi connectivity index (χ0n) is 15.8. The van der Waals surface area contributed by atoms with Crippen LogP contribution in [0.4, 0.5) is 0 Å². The molecular weight excluding hydrogens is 384 g/mol. The first-order chi connectivity index (χ1) is 12.7. The predicted octanol–water partition coefficient (Wildman–Crippen LogP) is 3.28. The number of hydrogen-bond donors (Lipinski definition) is 1. The lowest BCUT2D eigenvalue weighted by atomic mass is 10.1. The van der Waals surface area contributed by atoms with E-state index in [0.29, 0.717) is 11.5 Å². The average molecular weight is 409 g/mol. The first-order valence-electron chi connectivity index (χ1n) is 8.31. The monoisotopic (exact) mass is 408 g/mol. The van der Waals surface area contributed by atoms with Crippen molar-refractivity contribution in [1.82, 2.24) is 9.62 Å². The maximum atomic E-state index is 12.1. The predicted molar refractivity (Wildman–Crippen MR) is 109 cm³/mol. The highest BCUT2D eigenvalue weighted by Gasteiger charge is 2.13. The Morgan fingerprint density at radius 2 is 1.93 bits per heavy atom. The maximum Gasteiger partial charge on any atom is 0.244 e. The SMILES string of the molecule is CSc1ccc([C@H](C)NC(=O)/C=C/c2ccc(CN(C)S(C)(=O)=O)o2)cc1. The second-order valence-electron chi connectivity index (χ2n) is 6.16. The molecule has 1 amide bonds. The van der Waals surface area contributed by atoms with Gasteiger partial charge in [0, 0.05) is 18.0 Å². The first-order valence-corrected chi connectivity index (χ1v) is 11.4. The Morgan fingerprint density at radius 1 is 1.26 bits per heavy atom. The fourth-order valence-corrected chi connectivity index (χ4v) is 3.07. The average Bonchev–Trinajstić information content (AvgIpc) is 3.06. The standard InChI is InChI=1S/C19H24N2O4S2/c1-14(15-5-10-18(26-3)11-6-15)20-19(22)12-9-16-7-8-17(25-16)13-21(2)27(4,23)24/h5-12,14H,13H2,1-4H3,(H,20,22)/b12-9+/t14-/m0/s1. The smallest absolute Gasteiger partial charge is 0.244 e. The van der Waals surface area contributed by atoms with Gasteiger partial charge in [0.15, 0.2) is 0 Å². The number of thioether (sulfide) groups is 1. The fourth-order valence-electron chi connectivity index (χ4n) is 2.30. The Hall–Kier alpha value is -2.03. The molecule has 1 heterocycles. The molecule has 6 nitrogen and oxygen atoms in total. The van der Waals surface area contributed by atoms with Gasteiger partial charge in [-0.25, -0.2) is 8.42 Å². The number of amides is 1. The van der Waals surface area contributed by atoms with Crippen LogP contribution in [0.2, 0.25) is 0 Å². The number of sulfonamides is 1. The third kappa shape index (κ3) is 6.57. The molecule has 0 radical (unpaired) electrons. The van der Waals surface area contributed by atoms with Crippen LogP contribution >= 0.6 is 11.8 Å². The van der Waals surface area contributed by atoms with Gasteiger partial charge in [0.1, 0.15) is 11.5 Å². The molecule has 146 valence electrons. The van der Waals surface area contributed by atoms with Gasteiger partial charge >= 0.3 is 0 Å². The quantitative estimate of drug-likeness (QED) is 0.536. The summed E-state index contributed by atoms with van der Waals surface area (Å²) in [6.07, 6.45) is 6.11. The van der Waals surface area contributed by atoms with Crippen LogP contribution in [0.5, 0.6) is 0 Å². The van der Waals surface area contributed by atoms with Crippen LogP contribution in [-0.2, 0) is 21.4 Å². The molecule has 0 aliphatic rings. The van der Waals surface area contributed by atoms with Crippen LogP contribution in [-0.4, -0.2) is 38.2 Å². The van der Waals surface area contributed by atoms with Gasteiger partial charge in [-0.2, -0.15) is 4.31 Å². The Morgan fingerprint density at radius 3 is 2.52 bits per heavy atom. The van der Waals surface area contributed by atoms with E-state index < -0.39 is 10.0 Å². The summed E-state index contributed by atoms with van der Waals surface area (Å²) in [6.45, 7) is 2.06. The third-order valence-electron chi connectivity index (χ3n) is 4.00. The number of furan rings is 1. The van der Waals surface area contributed by atoms with Gasteiger partial charge in [-0.05, 0) is 49.1 Å². The van der Waals surface area contributed by atoms with Crippen molar-refractivity contribution < 1.29 is 17.6 Å². The molecule has 2 aromatic rings. The molecule has 1 aromatic carbocycles. The molecule has 8 heteroatoms. The van der Waals surface area contributed by atoms with Gasteiger partial charge in [0.25, 0.3) is 0 Å². The van der Waals surface area contributed by atoms with E-state index in [1.165, 1.54) is 22.3 Å². The minimum absolute atomic E-state index is 0.117. The topological polar surface area (TPSA) is 79.6 Å². The van der Waals surface area contributed by atoms with E-state index in [9.17, 15) is 13.2 Å². The highest BCUT2D eigenvalue weighted by Crippen LogP contribution is 2.19. The lowest BCUT2D eigenvalue weighted by molar-refractivity contribution is -0.117. The van der Waals surface area contributed by atoms with E-state index >= 15 is 0 Å². The van der Waals surface area contributed by atoms with E-state index in [4.69, 9.17) is 4.42 Å². The highest BCUT2D eigenvalue weighted by atomic mass is 32.2. The van der Waals surface area contributed by atoms with Crippen molar-refractivity contribution in [2.75, 3.05) is 19.6 Å². The van der Waals surface area contributed by atoms with Gasteiger partial charge in [0.05, 0.1) is 18.8 Å². The molecule has 0 aliphatic carbocycles. The summed E-state index contributed by atoms with van der Waals surface area (Å²) < 4.78 is 29.6. The molecule has 1 N–H and O–H groups in total. The Labute approximate surface area is 164 Å². The lowest BCUT2D eigenvalue weighted by Crippen LogP contribution is -2.24.